The SMILES string of the molecule is CCNC(=NCc1ccc(OCC)c(C)c1)NC(C)(C)C. The number of rotatable bonds is 5. The number of hydrogen-bond acceptors (Lipinski definition) is 2. The summed E-state index contributed by atoms with van der Waals surface area (Å²) in [7, 11) is 0. The average Bonchev–Trinajstić information content (AvgIpc) is 2.38. The third-order valence-corrected chi connectivity index (χ3v) is 2.80. The van der Waals surface area contributed by atoms with Gasteiger partial charge in [0.15, 0.2) is 5.96 Å². The molecule has 0 amide bonds. The van der Waals surface area contributed by atoms with Gasteiger partial charge >= 0.3 is 0 Å². The minimum Gasteiger partial charge on any atom is -0.494 e. The molecule has 118 valence electrons. The van der Waals surface area contributed by atoms with Gasteiger partial charge in [0.1, 0.15) is 5.75 Å². The zero-order valence-electron chi connectivity index (χ0n) is 14.2. The van der Waals surface area contributed by atoms with Crippen LogP contribution >= 0.6 is 0 Å². The number of nitrogens with zero attached hydrogens (tertiary/aromatic N) is 1. The van der Waals surface area contributed by atoms with E-state index in [-0.39, 0.29) is 5.54 Å². The Balaban J connectivity index is 2.78. The van der Waals surface area contributed by atoms with Gasteiger partial charge in [-0.05, 0) is 58.7 Å². The molecule has 0 aliphatic carbocycles. The molecular weight excluding hydrogens is 262 g/mol. The van der Waals surface area contributed by atoms with Crippen LogP contribution in [-0.4, -0.2) is 24.7 Å². The minimum absolute atomic E-state index is 0.00422. The summed E-state index contributed by atoms with van der Waals surface area (Å²) in [5.41, 5.74) is 2.33. The summed E-state index contributed by atoms with van der Waals surface area (Å²) >= 11 is 0. The van der Waals surface area contributed by atoms with Gasteiger partial charge in [0.05, 0.1) is 13.2 Å². The fourth-order valence-electron chi connectivity index (χ4n) is 1.96. The van der Waals surface area contributed by atoms with Crippen molar-refractivity contribution < 1.29 is 4.74 Å². The maximum Gasteiger partial charge on any atom is 0.191 e. The summed E-state index contributed by atoms with van der Waals surface area (Å²) in [6.45, 7) is 14.7. The molecular formula is C17H29N3O. The third-order valence-electron chi connectivity index (χ3n) is 2.80. The van der Waals surface area contributed by atoms with Crippen molar-refractivity contribution in [2.75, 3.05) is 13.2 Å². The lowest BCUT2D eigenvalue weighted by Gasteiger charge is -2.23. The highest BCUT2D eigenvalue weighted by molar-refractivity contribution is 5.80. The standard InChI is InChI=1S/C17H29N3O/c1-7-18-16(20-17(4,5)6)19-12-14-9-10-15(21-8-2)13(3)11-14/h9-11H,7-8,12H2,1-6H3,(H2,18,19,20). The molecule has 0 saturated heterocycles. The average molecular weight is 291 g/mol. The summed E-state index contributed by atoms with van der Waals surface area (Å²) in [5.74, 6) is 1.79. The first-order chi connectivity index (χ1) is 9.85. The summed E-state index contributed by atoms with van der Waals surface area (Å²) < 4.78 is 5.56. The molecule has 1 aromatic carbocycles. The Bertz CT molecular complexity index is 475. The fourth-order valence-corrected chi connectivity index (χ4v) is 1.96. The van der Waals surface area contributed by atoms with Crippen molar-refractivity contribution in [2.45, 2.75) is 53.6 Å². The van der Waals surface area contributed by atoms with E-state index in [4.69, 9.17) is 4.74 Å². The zero-order valence-corrected chi connectivity index (χ0v) is 14.2. The molecule has 0 radical (unpaired) electrons. The molecule has 0 heterocycles. The summed E-state index contributed by atoms with van der Waals surface area (Å²) in [4.78, 5) is 4.64. The van der Waals surface area contributed by atoms with Gasteiger partial charge in [-0.1, -0.05) is 12.1 Å². The van der Waals surface area contributed by atoms with E-state index in [9.17, 15) is 0 Å². The molecule has 0 fully saturated rings. The molecule has 0 aliphatic rings. The van der Waals surface area contributed by atoms with Gasteiger partial charge in [-0.2, -0.15) is 0 Å². The van der Waals surface area contributed by atoms with Gasteiger partial charge in [0.2, 0.25) is 0 Å². The van der Waals surface area contributed by atoms with E-state index in [0.29, 0.717) is 13.2 Å². The van der Waals surface area contributed by atoms with Crippen LogP contribution in [0.1, 0.15) is 45.7 Å². The first-order valence-corrected chi connectivity index (χ1v) is 7.64. The minimum atomic E-state index is -0.00422. The van der Waals surface area contributed by atoms with E-state index in [2.05, 4.69) is 62.4 Å². The quantitative estimate of drug-likeness (QED) is 0.646. The topological polar surface area (TPSA) is 45.7 Å². The fraction of sp³-hybridized carbons (Fsp3) is 0.588. The highest BCUT2D eigenvalue weighted by atomic mass is 16.5. The summed E-state index contributed by atoms with van der Waals surface area (Å²) in [6.07, 6.45) is 0. The van der Waals surface area contributed by atoms with E-state index in [1.54, 1.807) is 0 Å². The van der Waals surface area contributed by atoms with Crippen LogP contribution in [0.25, 0.3) is 0 Å². The number of aliphatic imine (C=N–C) groups is 1. The first kappa shape index (κ1) is 17.3. The third kappa shape index (κ3) is 6.52. The van der Waals surface area contributed by atoms with Crippen molar-refractivity contribution in [1.29, 1.82) is 0 Å². The Hall–Kier alpha value is -1.71. The van der Waals surface area contributed by atoms with Crippen LogP contribution in [0.2, 0.25) is 0 Å². The summed E-state index contributed by atoms with van der Waals surface area (Å²) in [5, 5.41) is 6.66. The van der Waals surface area contributed by atoms with Gasteiger partial charge in [-0.3, -0.25) is 0 Å². The molecule has 0 aromatic heterocycles. The number of guanidine groups is 1. The van der Waals surface area contributed by atoms with E-state index in [1.165, 1.54) is 5.56 Å². The summed E-state index contributed by atoms with van der Waals surface area (Å²) in [6, 6.07) is 6.23. The molecule has 0 aliphatic heterocycles. The monoisotopic (exact) mass is 291 g/mol. The molecule has 0 spiro atoms. The van der Waals surface area contributed by atoms with Crippen LogP contribution in [0, 0.1) is 6.92 Å². The first-order valence-electron chi connectivity index (χ1n) is 7.64. The maximum atomic E-state index is 5.56. The predicted octanol–water partition coefficient (Wildman–Crippen LogP) is 3.25. The highest BCUT2D eigenvalue weighted by Gasteiger charge is 2.11. The van der Waals surface area contributed by atoms with Crippen LogP contribution in [0.4, 0.5) is 0 Å². The molecule has 0 saturated carbocycles. The highest BCUT2D eigenvalue weighted by Crippen LogP contribution is 2.19. The molecule has 1 aromatic rings. The van der Waals surface area contributed by atoms with Crippen LogP contribution in [-0.2, 0) is 6.54 Å². The number of aryl methyl sites for hydroxylation is 1. The van der Waals surface area contributed by atoms with Crippen molar-refractivity contribution >= 4 is 5.96 Å². The molecule has 0 bridgehead atoms. The maximum absolute atomic E-state index is 5.56. The van der Waals surface area contributed by atoms with Crippen molar-refractivity contribution in [3.63, 3.8) is 0 Å². The van der Waals surface area contributed by atoms with Crippen molar-refractivity contribution in [2.24, 2.45) is 4.99 Å². The lowest BCUT2D eigenvalue weighted by atomic mass is 10.1. The van der Waals surface area contributed by atoms with E-state index in [1.807, 2.05) is 13.0 Å². The number of benzene rings is 1. The van der Waals surface area contributed by atoms with Gasteiger partial charge < -0.3 is 15.4 Å². The van der Waals surface area contributed by atoms with Crippen LogP contribution in [0.15, 0.2) is 23.2 Å². The van der Waals surface area contributed by atoms with Gasteiger partial charge in [-0.25, -0.2) is 4.99 Å². The molecule has 0 atom stereocenters. The van der Waals surface area contributed by atoms with Crippen LogP contribution in [0.3, 0.4) is 0 Å². The Kier molecular flexibility index (Phi) is 6.53. The van der Waals surface area contributed by atoms with E-state index >= 15 is 0 Å². The Labute approximate surface area is 129 Å². The number of nitrogens with one attached hydrogen (secondary N) is 2. The molecule has 4 nitrogen and oxygen atoms in total. The Morgan fingerprint density at radius 3 is 2.48 bits per heavy atom. The predicted molar refractivity (Wildman–Crippen MR) is 90.1 cm³/mol. The van der Waals surface area contributed by atoms with Crippen molar-refractivity contribution in [3.05, 3.63) is 29.3 Å². The normalized spacial score (nSPS) is 12.2. The molecule has 4 heteroatoms. The second-order valence-electron chi connectivity index (χ2n) is 6.10. The van der Waals surface area contributed by atoms with Gasteiger partial charge in [0, 0.05) is 12.1 Å². The van der Waals surface area contributed by atoms with Crippen LogP contribution in [0.5, 0.6) is 5.75 Å². The number of ether oxygens (including phenoxy) is 1. The lowest BCUT2D eigenvalue weighted by molar-refractivity contribution is 0.338. The second-order valence-corrected chi connectivity index (χ2v) is 6.10. The molecule has 2 N–H and O–H groups in total. The molecule has 1 rings (SSSR count). The molecule has 0 unspecified atom stereocenters. The lowest BCUT2D eigenvalue weighted by Crippen LogP contribution is -2.47. The van der Waals surface area contributed by atoms with Crippen molar-refractivity contribution in [1.82, 2.24) is 10.6 Å². The van der Waals surface area contributed by atoms with E-state index < -0.39 is 0 Å². The largest absolute Gasteiger partial charge is 0.494 e. The number of hydrogen-bond donors (Lipinski definition) is 2. The Morgan fingerprint density at radius 1 is 1.24 bits per heavy atom. The van der Waals surface area contributed by atoms with Gasteiger partial charge in [-0.15, -0.1) is 0 Å². The Morgan fingerprint density at radius 2 is 1.95 bits per heavy atom. The van der Waals surface area contributed by atoms with Crippen LogP contribution < -0.4 is 15.4 Å². The molecule has 21 heavy (non-hydrogen) atoms. The smallest absolute Gasteiger partial charge is 0.191 e. The zero-order chi connectivity index (χ0) is 15.9. The van der Waals surface area contributed by atoms with E-state index in [0.717, 1.165) is 23.8 Å². The van der Waals surface area contributed by atoms with Gasteiger partial charge in [0.25, 0.3) is 0 Å². The second kappa shape index (κ2) is 7.91. The van der Waals surface area contributed by atoms with Crippen molar-refractivity contribution in [3.8, 4) is 5.75 Å².